The van der Waals surface area contributed by atoms with Crippen LogP contribution in [0, 0.1) is 0 Å². The minimum absolute atomic E-state index is 1.13. The highest BCUT2D eigenvalue weighted by atomic mass is 14.7. The van der Waals surface area contributed by atoms with Crippen molar-refractivity contribution in [1.82, 2.24) is 0 Å². The first-order valence-electron chi connectivity index (χ1n) is 6.35. The minimum atomic E-state index is 1.13. The molecule has 1 rings (SSSR count). The predicted octanol–water partition coefficient (Wildman–Crippen LogP) is 5.31. The number of allylic oxidation sites excluding steroid dienone is 5. The smallest absolute Gasteiger partial charge is 0.0302 e. The molecule has 0 radical (unpaired) electrons. The van der Waals surface area contributed by atoms with Crippen molar-refractivity contribution in [3.63, 3.8) is 0 Å². The van der Waals surface area contributed by atoms with Crippen LogP contribution in [0.25, 0.3) is 0 Å². The molecule has 0 aromatic carbocycles. The summed E-state index contributed by atoms with van der Waals surface area (Å²) in [5.41, 5.74) is 2.70. The lowest BCUT2D eigenvalue weighted by Gasteiger charge is -2.07. The van der Waals surface area contributed by atoms with Gasteiger partial charge in [0.2, 0.25) is 0 Å². The average molecular weight is 221 g/mol. The van der Waals surface area contributed by atoms with Gasteiger partial charge in [-0.05, 0) is 37.8 Å². The van der Waals surface area contributed by atoms with E-state index in [1.165, 1.54) is 11.1 Å². The van der Waals surface area contributed by atoms with Gasteiger partial charge in [0.15, 0.2) is 0 Å². The Balaban J connectivity index is 0. The lowest BCUT2D eigenvalue weighted by molar-refractivity contribution is 0.987. The second kappa shape index (κ2) is 13.9. The van der Waals surface area contributed by atoms with Crippen molar-refractivity contribution in [3.8, 4) is 0 Å². The van der Waals surface area contributed by atoms with Crippen LogP contribution in [0.4, 0.5) is 0 Å². The molecule has 0 saturated heterocycles. The van der Waals surface area contributed by atoms with E-state index in [2.05, 4.69) is 24.1 Å². The van der Waals surface area contributed by atoms with E-state index in [1.54, 1.807) is 0 Å². The van der Waals surface area contributed by atoms with Gasteiger partial charge >= 0.3 is 0 Å². The fourth-order valence-corrected chi connectivity index (χ4v) is 1.19. The number of hydrogen-bond donors (Lipinski definition) is 0. The molecule has 16 heavy (non-hydrogen) atoms. The van der Waals surface area contributed by atoms with Crippen molar-refractivity contribution in [2.24, 2.45) is 4.99 Å². The highest BCUT2D eigenvalue weighted by Crippen LogP contribution is 2.16. The Hall–Kier alpha value is -1.11. The molecule has 1 aliphatic rings. The SMILES string of the molecule is C/C=C\N=CC1=C(C)C=CCC1.CC.CC. The summed E-state index contributed by atoms with van der Waals surface area (Å²) in [4.78, 5) is 4.17. The van der Waals surface area contributed by atoms with E-state index in [0.29, 0.717) is 0 Å². The van der Waals surface area contributed by atoms with Crippen molar-refractivity contribution in [3.05, 3.63) is 35.6 Å². The number of hydrogen-bond acceptors (Lipinski definition) is 1. The zero-order valence-electron chi connectivity index (χ0n) is 11.7. The van der Waals surface area contributed by atoms with E-state index >= 15 is 0 Å². The van der Waals surface area contributed by atoms with Gasteiger partial charge in [-0.3, -0.25) is 4.99 Å². The second-order valence-electron chi connectivity index (χ2n) is 2.91. The Morgan fingerprint density at radius 1 is 1.19 bits per heavy atom. The van der Waals surface area contributed by atoms with Gasteiger partial charge < -0.3 is 0 Å². The molecular formula is C15H27N. The van der Waals surface area contributed by atoms with Crippen LogP contribution in [-0.2, 0) is 0 Å². The van der Waals surface area contributed by atoms with E-state index < -0.39 is 0 Å². The fourth-order valence-electron chi connectivity index (χ4n) is 1.19. The Bertz CT molecular complexity index is 255. The first-order valence-corrected chi connectivity index (χ1v) is 6.35. The number of aliphatic imine (C=N–C) groups is 1. The van der Waals surface area contributed by atoms with Crippen molar-refractivity contribution < 1.29 is 0 Å². The monoisotopic (exact) mass is 221 g/mol. The number of rotatable bonds is 2. The molecule has 1 aliphatic carbocycles. The topological polar surface area (TPSA) is 12.4 Å². The normalized spacial score (nSPS) is 14.6. The average Bonchev–Trinajstić information content (AvgIpc) is 2.37. The molecule has 0 unspecified atom stereocenters. The van der Waals surface area contributed by atoms with Crippen molar-refractivity contribution in [1.29, 1.82) is 0 Å². The van der Waals surface area contributed by atoms with Crippen molar-refractivity contribution in [2.45, 2.75) is 54.4 Å². The zero-order valence-corrected chi connectivity index (χ0v) is 11.7. The molecule has 0 aromatic heterocycles. The van der Waals surface area contributed by atoms with Crippen LogP contribution in [0.5, 0.6) is 0 Å². The Labute approximate surface area is 102 Å². The molecule has 0 spiro atoms. The lowest BCUT2D eigenvalue weighted by Crippen LogP contribution is -1.92. The summed E-state index contributed by atoms with van der Waals surface area (Å²) >= 11 is 0. The van der Waals surface area contributed by atoms with E-state index in [1.807, 2.05) is 53.1 Å². The summed E-state index contributed by atoms with van der Waals surface area (Å²) < 4.78 is 0. The lowest BCUT2D eigenvalue weighted by atomic mass is 10.00. The highest BCUT2D eigenvalue weighted by molar-refractivity contribution is 5.81. The molecule has 1 heteroatoms. The van der Waals surface area contributed by atoms with Gasteiger partial charge in [0.1, 0.15) is 0 Å². The van der Waals surface area contributed by atoms with E-state index in [-0.39, 0.29) is 0 Å². The maximum Gasteiger partial charge on any atom is 0.0302 e. The molecule has 1 nitrogen and oxygen atoms in total. The summed E-state index contributed by atoms with van der Waals surface area (Å²) in [6, 6.07) is 0. The summed E-state index contributed by atoms with van der Waals surface area (Å²) in [5.74, 6) is 0. The zero-order chi connectivity index (χ0) is 12.8. The highest BCUT2D eigenvalue weighted by Gasteiger charge is 2.00. The molecule has 0 atom stereocenters. The summed E-state index contributed by atoms with van der Waals surface area (Å²) in [5, 5.41) is 0. The van der Waals surface area contributed by atoms with Crippen molar-refractivity contribution in [2.75, 3.05) is 0 Å². The molecule has 0 saturated carbocycles. The third-order valence-corrected chi connectivity index (χ3v) is 1.92. The van der Waals surface area contributed by atoms with Crippen molar-refractivity contribution >= 4 is 6.21 Å². The maximum atomic E-state index is 4.17. The largest absolute Gasteiger partial charge is 0.265 e. The molecule has 0 aromatic rings. The Kier molecular flexibility index (Phi) is 15.0. The predicted molar refractivity (Wildman–Crippen MR) is 77.1 cm³/mol. The van der Waals surface area contributed by atoms with E-state index in [4.69, 9.17) is 0 Å². The molecule has 0 bridgehead atoms. The number of nitrogens with zero attached hydrogens (tertiary/aromatic N) is 1. The summed E-state index contributed by atoms with van der Waals surface area (Å²) in [6.07, 6.45) is 12.4. The molecule has 92 valence electrons. The first-order chi connectivity index (χ1) is 7.84. The van der Waals surface area contributed by atoms with E-state index in [0.717, 1.165) is 12.8 Å². The molecule has 0 heterocycles. The fraction of sp³-hybridized carbons (Fsp3) is 0.533. The van der Waals surface area contributed by atoms with Gasteiger partial charge in [-0.25, -0.2) is 0 Å². The summed E-state index contributed by atoms with van der Waals surface area (Å²) in [7, 11) is 0. The van der Waals surface area contributed by atoms with Gasteiger partial charge in [-0.15, -0.1) is 0 Å². The molecule has 0 aliphatic heterocycles. The van der Waals surface area contributed by atoms with Crippen LogP contribution < -0.4 is 0 Å². The van der Waals surface area contributed by atoms with Crippen LogP contribution in [0.3, 0.4) is 0 Å². The van der Waals surface area contributed by atoms with Gasteiger partial charge in [0.05, 0.1) is 0 Å². The van der Waals surface area contributed by atoms with Crippen LogP contribution in [0.15, 0.2) is 40.6 Å². The quantitative estimate of drug-likeness (QED) is 0.560. The minimum Gasteiger partial charge on any atom is -0.265 e. The van der Waals surface area contributed by atoms with Gasteiger partial charge in [-0.1, -0.05) is 45.9 Å². The Morgan fingerprint density at radius 2 is 1.81 bits per heavy atom. The van der Waals surface area contributed by atoms with Crippen LogP contribution in [0.1, 0.15) is 54.4 Å². The second-order valence-corrected chi connectivity index (χ2v) is 2.91. The van der Waals surface area contributed by atoms with E-state index in [9.17, 15) is 0 Å². The van der Waals surface area contributed by atoms with Gasteiger partial charge in [0, 0.05) is 12.4 Å². The molecule has 0 fully saturated rings. The molecule has 0 N–H and O–H groups in total. The first kappa shape index (κ1) is 17.3. The molecule has 0 amide bonds. The third kappa shape index (κ3) is 8.22. The summed E-state index contributed by atoms with van der Waals surface area (Å²) in [6.45, 7) is 12.1. The third-order valence-electron chi connectivity index (χ3n) is 1.92. The Morgan fingerprint density at radius 3 is 2.31 bits per heavy atom. The van der Waals surface area contributed by atoms with Gasteiger partial charge in [-0.2, -0.15) is 0 Å². The standard InChI is InChI=1S/C11H15N.2C2H6/c1-3-8-12-9-11-7-5-4-6-10(11)2;2*1-2/h3-4,6,8-9H,5,7H2,1-2H3;2*1-2H3/b8-3-,12-9?;;. The van der Waals surface area contributed by atoms with Crippen LogP contribution in [0.2, 0.25) is 0 Å². The maximum absolute atomic E-state index is 4.17. The molecular weight excluding hydrogens is 194 g/mol. The van der Waals surface area contributed by atoms with Crippen LogP contribution in [-0.4, -0.2) is 6.21 Å². The van der Waals surface area contributed by atoms with Gasteiger partial charge in [0.25, 0.3) is 0 Å². The van der Waals surface area contributed by atoms with Crippen LogP contribution >= 0.6 is 0 Å².